The highest BCUT2D eigenvalue weighted by Crippen LogP contribution is 2.27. The Morgan fingerprint density at radius 1 is 1.07 bits per heavy atom. The summed E-state index contributed by atoms with van der Waals surface area (Å²) >= 11 is 0.939. The Hall–Kier alpha value is -2.58. The lowest BCUT2D eigenvalue weighted by Gasteiger charge is -2.23. The largest absolute Gasteiger partial charge is 0.448 e. The maximum Gasteiger partial charge on any atom is 0.320 e. The molecule has 29 heavy (non-hydrogen) atoms. The molecule has 0 radical (unpaired) electrons. The summed E-state index contributed by atoms with van der Waals surface area (Å²) in [4.78, 5) is 36.5. The predicted octanol–water partition coefficient (Wildman–Crippen LogP) is 3.22. The predicted molar refractivity (Wildman–Crippen MR) is 106 cm³/mol. The first-order chi connectivity index (χ1) is 13.8. The third kappa shape index (κ3) is 6.76. The van der Waals surface area contributed by atoms with E-state index < -0.39 is 42.0 Å². The minimum absolute atomic E-state index is 0.0554. The van der Waals surface area contributed by atoms with Gasteiger partial charge in [-0.05, 0) is 29.7 Å². The van der Waals surface area contributed by atoms with E-state index in [1.54, 1.807) is 30.3 Å². The normalized spacial score (nSPS) is 12.8. The van der Waals surface area contributed by atoms with Gasteiger partial charge in [-0.3, -0.25) is 14.4 Å². The molecule has 154 valence electrons. The Morgan fingerprint density at radius 3 is 2.34 bits per heavy atom. The Labute approximate surface area is 171 Å². The van der Waals surface area contributed by atoms with Gasteiger partial charge in [-0.15, -0.1) is 0 Å². The zero-order chi connectivity index (χ0) is 21.4. The molecular formula is C21H21F2NO4S. The fraction of sp³-hybridized carbons (Fsp3) is 0.286. The Bertz CT molecular complexity index is 876. The molecular weight excluding hydrogens is 400 g/mol. The molecule has 0 aromatic heterocycles. The lowest BCUT2D eigenvalue weighted by Crippen LogP contribution is -2.31. The molecule has 0 aliphatic heterocycles. The van der Waals surface area contributed by atoms with Crippen LogP contribution in [-0.2, 0) is 25.5 Å². The van der Waals surface area contributed by atoms with Crippen LogP contribution < -0.4 is 5.73 Å². The fourth-order valence-corrected chi connectivity index (χ4v) is 3.44. The second-order valence-electron chi connectivity index (χ2n) is 6.34. The van der Waals surface area contributed by atoms with Gasteiger partial charge in [0.1, 0.15) is 0 Å². The molecule has 2 N–H and O–H groups in total. The van der Waals surface area contributed by atoms with Crippen molar-refractivity contribution in [2.24, 2.45) is 11.7 Å². The molecule has 2 atom stereocenters. The van der Waals surface area contributed by atoms with Gasteiger partial charge < -0.3 is 10.5 Å². The van der Waals surface area contributed by atoms with Gasteiger partial charge in [0.15, 0.2) is 28.6 Å². The number of Topliss-reactive ketones (excluding diaryl/α,β-unsaturated/α-hetero) is 1. The molecule has 0 saturated heterocycles. The summed E-state index contributed by atoms with van der Waals surface area (Å²) in [6.45, 7) is 0.972. The second kappa shape index (κ2) is 10.8. The zero-order valence-electron chi connectivity index (χ0n) is 15.8. The first-order valence-electron chi connectivity index (χ1n) is 8.87. The van der Waals surface area contributed by atoms with E-state index >= 15 is 0 Å². The Kier molecular flexibility index (Phi) is 8.48. The number of carbonyl (C=O) groups is 3. The topological polar surface area (TPSA) is 86.5 Å². The van der Waals surface area contributed by atoms with Crippen LogP contribution in [0.1, 0.15) is 24.2 Å². The van der Waals surface area contributed by atoms with Crippen LogP contribution in [0.4, 0.5) is 8.78 Å². The van der Waals surface area contributed by atoms with Crippen molar-refractivity contribution in [3.05, 3.63) is 71.3 Å². The van der Waals surface area contributed by atoms with Gasteiger partial charge in [-0.2, -0.15) is 0 Å². The lowest BCUT2D eigenvalue weighted by molar-refractivity contribution is -0.155. The summed E-state index contributed by atoms with van der Waals surface area (Å²) in [6, 6.07) is 11.8. The van der Waals surface area contributed by atoms with Crippen LogP contribution in [-0.4, -0.2) is 29.2 Å². The Morgan fingerprint density at radius 2 is 1.76 bits per heavy atom. The van der Waals surface area contributed by atoms with Crippen molar-refractivity contribution < 1.29 is 27.9 Å². The van der Waals surface area contributed by atoms with Crippen LogP contribution in [0.5, 0.6) is 0 Å². The van der Waals surface area contributed by atoms with E-state index in [0.717, 1.165) is 23.9 Å². The highest BCUT2D eigenvalue weighted by Gasteiger charge is 2.31. The summed E-state index contributed by atoms with van der Waals surface area (Å²) in [5, 5.41) is -0.191. The van der Waals surface area contributed by atoms with E-state index in [0.29, 0.717) is 11.1 Å². The molecule has 2 aromatic rings. The van der Waals surface area contributed by atoms with Crippen molar-refractivity contribution in [3.63, 3.8) is 0 Å². The van der Waals surface area contributed by atoms with Gasteiger partial charge in [0, 0.05) is 18.6 Å². The number of benzene rings is 2. The van der Waals surface area contributed by atoms with E-state index in [-0.39, 0.29) is 17.3 Å². The molecule has 0 aliphatic carbocycles. The molecule has 0 aliphatic rings. The van der Waals surface area contributed by atoms with Gasteiger partial charge >= 0.3 is 5.97 Å². The quantitative estimate of drug-likeness (QED) is 0.626. The first-order valence-corrected chi connectivity index (χ1v) is 9.86. The third-order valence-corrected chi connectivity index (χ3v) is 5.11. The van der Waals surface area contributed by atoms with Gasteiger partial charge in [-0.25, -0.2) is 8.78 Å². The summed E-state index contributed by atoms with van der Waals surface area (Å²) in [5.74, 6) is -3.88. The summed E-state index contributed by atoms with van der Waals surface area (Å²) < 4.78 is 32.1. The number of ether oxygens (including phenoxy) is 1. The van der Waals surface area contributed by atoms with Crippen LogP contribution in [0, 0.1) is 17.6 Å². The number of hydrogen-bond acceptors (Lipinski definition) is 6. The second-order valence-corrected chi connectivity index (χ2v) is 7.54. The number of carbonyl (C=O) groups excluding carboxylic acids is 3. The fourth-order valence-electron chi connectivity index (χ4n) is 2.72. The van der Waals surface area contributed by atoms with Crippen LogP contribution in [0.2, 0.25) is 0 Å². The highest BCUT2D eigenvalue weighted by molar-refractivity contribution is 8.13. The summed E-state index contributed by atoms with van der Waals surface area (Å²) in [5.41, 5.74) is 6.17. The number of halogens is 2. The van der Waals surface area contributed by atoms with Crippen LogP contribution in [0.15, 0.2) is 48.5 Å². The van der Waals surface area contributed by atoms with Crippen LogP contribution in [0.25, 0.3) is 0 Å². The standard InChI is InChI=1S/C21H21F2NO4S/c1-13(25)29-12-16(9-14-7-8-17(22)18(23)10-14)20(27)21(28-19(26)11-24)15-5-3-2-4-6-15/h2-8,10,16,21H,9,11-12,24H2,1H3. The molecule has 0 spiro atoms. The molecule has 0 fully saturated rings. The number of rotatable bonds is 9. The monoisotopic (exact) mass is 421 g/mol. The molecule has 2 rings (SSSR count). The number of esters is 1. The van der Waals surface area contributed by atoms with Crippen molar-refractivity contribution >= 4 is 28.6 Å². The molecule has 0 heterocycles. The van der Waals surface area contributed by atoms with Gasteiger partial charge in [0.2, 0.25) is 0 Å². The van der Waals surface area contributed by atoms with Gasteiger partial charge in [0.05, 0.1) is 6.54 Å². The molecule has 0 saturated carbocycles. The van der Waals surface area contributed by atoms with Crippen LogP contribution >= 0.6 is 11.8 Å². The van der Waals surface area contributed by atoms with Crippen molar-refractivity contribution in [2.75, 3.05) is 12.3 Å². The van der Waals surface area contributed by atoms with Crippen molar-refractivity contribution in [1.82, 2.24) is 0 Å². The number of thioether (sulfide) groups is 1. The molecule has 0 bridgehead atoms. The Balaban J connectivity index is 2.33. The maximum absolute atomic E-state index is 13.6. The molecule has 2 unspecified atom stereocenters. The first kappa shape index (κ1) is 22.7. The highest BCUT2D eigenvalue weighted by atomic mass is 32.2. The molecule has 0 amide bonds. The SMILES string of the molecule is CC(=O)SCC(Cc1ccc(F)c(F)c1)C(=O)C(OC(=O)CN)c1ccccc1. The van der Waals surface area contributed by atoms with E-state index in [4.69, 9.17) is 10.5 Å². The number of ketones is 1. The van der Waals surface area contributed by atoms with Crippen LogP contribution in [0.3, 0.4) is 0 Å². The zero-order valence-corrected chi connectivity index (χ0v) is 16.6. The van der Waals surface area contributed by atoms with Crippen molar-refractivity contribution in [1.29, 1.82) is 0 Å². The molecule has 5 nitrogen and oxygen atoms in total. The van der Waals surface area contributed by atoms with E-state index in [1.807, 2.05) is 0 Å². The van der Waals surface area contributed by atoms with Crippen molar-refractivity contribution in [3.8, 4) is 0 Å². The van der Waals surface area contributed by atoms with Crippen molar-refractivity contribution in [2.45, 2.75) is 19.4 Å². The minimum Gasteiger partial charge on any atom is -0.448 e. The smallest absolute Gasteiger partial charge is 0.320 e. The van der Waals surface area contributed by atoms with E-state index in [2.05, 4.69) is 0 Å². The van der Waals surface area contributed by atoms with Gasteiger partial charge in [-0.1, -0.05) is 48.2 Å². The summed E-state index contributed by atoms with van der Waals surface area (Å²) in [7, 11) is 0. The van der Waals surface area contributed by atoms with Gasteiger partial charge in [0.25, 0.3) is 0 Å². The maximum atomic E-state index is 13.6. The average Bonchev–Trinajstić information content (AvgIpc) is 2.71. The lowest BCUT2D eigenvalue weighted by atomic mass is 9.91. The number of nitrogens with two attached hydrogens (primary N) is 1. The van der Waals surface area contributed by atoms with E-state index in [9.17, 15) is 23.2 Å². The average molecular weight is 421 g/mol. The molecule has 2 aromatic carbocycles. The molecule has 8 heteroatoms. The van der Waals surface area contributed by atoms with E-state index in [1.165, 1.54) is 13.0 Å². The third-order valence-electron chi connectivity index (χ3n) is 4.13. The number of hydrogen-bond donors (Lipinski definition) is 1. The minimum atomic E-state index is -1.21. The summed E-state index contributed by atoms with van der Waals surface area (Å²) in [6.07, 6.45) is -1.16.